The van der Waals surface area contributed by atoms with E-state index < -0.39 is 0 Å². The molecule has 0 spiro atoms. The maximum Gasteiger partial charge on any atom is 0.257 e. The number of aryl methyl sites for hydroxylation is 3. The van der Waals surface area contributed by atoms with E-state index in [0.717, 1.165) is 21.5 Å². The molecule has 1 N–H and O–H groups in total. The number of nitrogens with one attached hydrogen (secondary N) is 1. The van der Waals surface area contributed by atoms with Gasteiger partial charge in [0.2, 0.25) is 0 Å². The Balaban J connectivity index is 1.89. The van der Waals surface area contributed by atoms with Crippen LogP contribution in [0.3, 0.4) is 0 Å². The number of hydrogen-bond acceptors (Lipinski definition) is 4. The third-order valence-corrected chi connectivity index (χ3v) is 4.30. The van der Waals surface area contributed by atoms with Crippen LogP contribution in [0.1, 0.15) is 27.2 Å². The van der Waals surface area contributed by atoms with Crippen molar-refractivity contribution in [3.63, 3.8) is 0 Å². The number of rotatable bonds is 2. The molecule has 0 bridgehead atoms. The summed E-state index contributed by atoms with van der Waals surface area (Å²) in [6.45, 7) is 5.96. The summed E-state index contributed by atoms with van der Waals surface area (Å²) in [6, 6.07) is 9.48. The monoisotopic (exact) mass is 297 g/mol. The number of pyridine rings is 1. The maximum atomic E-state index is 12.2. The first-order valence-electron chi connectivity index (χ1n) is 6.66. The number of benzene rings is 1. The SMILES string of the molecule is Cc1ccc(C(=O)Nc2nc3nc(C)cc(C)c3s2)cc1. The molecule has 0 aliphatic carbocycles. The summed E-state index contributed by atoms with van der Waals surface area (Å²) >= 11 is 1.45. The molecule has 0 aliphatic heterocycles. The van der Waals surface area contributed by atoms with Crippen molar-refractivity contribution >= 4 is 32.7 Å². The van der Waals surface area contributed by atoms with Crippen molar-refractivity contribution < 1.29 is 4.79 Å². The molecule has 0 unspecified atom stereocenters. The highest BCUT2D eigenvalue weighted by Gasteiger charge is 2.12. The van der Waals surface area contributed by atoms with Crippen molar-refractivity contribution in [2.24, 2.45) is 0 Å². The quantitative estimate of drug-likeness (QED) is 0.781. The highest BCUT2D eigenvalue weighted by atomic mass is 32.1. The zero-order chi connectivity index (χ0) is 15.0. The van der Waals surface area contributed by atoms with Crippen molar-refractivity contribution in [2.75, 3.05) is 5.32 Å². The predicted molar refractivity (Wildman–Crippen MR) is 86.0 cm³/mol. The van der Waals surface area contributed by atoms with Gasteiger partial charge in [-0.25, -0.2) is 4.98 Å². The Labute approximate surface area is 126 Å². The smallest absolute Gasteiger partial charge is 0.257 e. The second-order valence-corrected chi connectivity index (χ2v) is 6.07. The Kier molecular flexibility index (Phi) is 3.43. The number of anilines is 1. The highest BCUT2D eigenvalue weighted by Crippen LogP contribution is 2.28. The molecule has 0 aliphatic rings. The van der Waals surface area contributed by atoms with Gasteiger partial charge in [-0.15, -0.1) is 0 Å². The first-order chi connectivity index (χ1) is 10.0. The minimum absolute atomic E-state index is 0.150. The normalized spacial score (nSPS) is 10.8. The number of hydrogen-bond donors (Lipinski definition) is 1. The number of thiazole rings is 1. The molecule has 1 aromatic carbocycles. The van der Waals surface area contributed by atoms with Gasteiger partial charge in [0.15, 0.2) is 10.8 Å². The Morgan fingerprint density at radius 1 is 1.10 bits per heavy atom. The lowest BCUT2D eigenvalue weighted by atomic mass is 10.1. The number of carbonyl (C=O) groups is 1. The molecule has 2 aromatic heterocycles. The first-order valence-corrected chi connectivity index (χ1v) is 7.47. The van der Waals surface area contributed by atoms with Crippen LogP contribution in [0.15, 0.2) is 30.3 Å². The average molecular weight is 297 g/mol. The summed E-state index contributed by atoms with van der Waals surface area (Å²) in [5.74, 6) is -0.150. The number of fused-ring (bicyclic) bond motifs is 1. The lowest BCUT2D eigenvalue weighted by Gasteiger charge is -2.01. The molecule has 0 fully saturated rings. The summed E-state index contributed by atoms with van der Waals surface area (Å²) in [5.41, 5.74) is 4.51. The molecular formula is C16H15N3OS. The number of carbonyl (C=O) groups excluding carboxylic acids is 1. The predicted octanol–water partition coefficient (Wildman–Crippen LogP) is 3.87. The van der Waals surface area contributed by atoms with Gasteiger partial charge in [0.25, 0.3) is 5.91 Å². The van der Waals surface area contributed by atoms with Crippen LogP contribution in [0.25, 0.3) is 10.3 Å². The van der Waals surface area contributed by atoms with E-state index in [0.29, 0.717) is 16.3 Å². The van der Waals surface area contributed by atoms with Crippen molar-refractivity contribution in [3.8, 4) is 0 Å². The van der Waals surface area contributed by atoms with Gasteiger partial charge in [-0.05, 0) is 44.5 Å². The number of nitrogens with zero attached hydrogens (tertiary/aromatic N) is 2. The molecule has 0 atom stereocenters. The molecule has 3 rings (SSSR count). The van der Waals surface area contributed by atoms with E-state index in [4.69, 9.17) is 0 Å². The van der Waals surface area contributed by atoms with E-state index in [9.17, 15) is 4.79 Å². The van der Waals surface area contributed by atoms with Crippen LogP contribution in [0, 0.1) is 20.8 Å². The van der Waals surface area contributed by atoms with E-state index >= 15 is 0 Å². The number of amides is 1. The van der Waals surface area contributed by atoms with Crippen molar-refractivity contribution in [2.45, 2.75) is 20.8 Å². The summed E-state index contributed by atoms with van der Waals surface area (Å²) in [6.07, 6.45) is 0. The fourth-order valence-electron chi connectivity index (χ4n) is 2.15. The van der Waals surface area contributed by atoms with Crippen molar-refractivity contribution in [3.05, 3.63) is 52.7 Å². The van der Waals surface area contributed by atoms with Crippen LogP contribution in [0.4, 0.5) is 5.13 Å². The Morgan fingerprint density at radius 2 is 1.81 bits per heavy atom. The third kappa shape index (κ3) is 2.78. The zero-order valence-electron chi connectivity index (χ0n) is 12.1. The molecule has 1 amide bonds. The van der Waals surface area contributed by atoms with E-state index in [1.54, 1.807) is 0 Å². The van der Waals surface area contributed by atoms with Crippen molar-refractivity contribution in [1.82, 2.24) is 9.97 Å². The lowest BCUT2D eigenvalue weighted by molar-refractivity contribution is 0.102. The topological polar surface area (TPSA) is 54.9 Å². The Bertz CT molecular complexity index is 821. The van der Waals surface area contributed by atoms with Gasteiger partial charge >= 0.3 is 0 Å². The molecule has 4 nitrogen and oxygen atoms in total. The van der Waals surface area contributed by atoms with Gasteiger partial charge < -0.3 is 0 Å². The lowest BCUT2D eigenvalue weighted by Crippen LogP contribution is -2.11. The van der Waals surface area contributed by atoms with Crippen LogP contribution >= 0.6 is 11.3 Å². The molecule has 3 aromatic rings. The molecule has 0 radical (unpaired) electrons. The second kappa shape index (κ2) is 5.26. The Hall–Kier alpha value is -2.27. The summed E-state index contributed by atoms with van der Waals surface area (Å²) < 4.78 is 1.01. The first kappa shape index (κ1) is 13.7. The molecule has 0 saturated carbocycles. The van der Waals surface area contributed by atoms with Crippen LogP contribution in [0.5, 0.6) is 0 Å². The maximum absolute atomic E-state index is 12.2. The molecule has 21 heavy (non-hydrogen) atoms. The highest BCUT2D eigenvalue weighted by molar-refractivity contribution is 7.22. The van der Waals surface area contributed by atoms with Gasteiger partial charge in [-0.2, -0.15) is 4.98 Å². The minimum Gasteiger partial charge on any atom is -0.298 e. The standard InChI is InChI=1S/C16H15N3OS/c1-9-4-6-12(7-5-9)15(20)19-16-18-14-13(21-16)10(2)8-11(3)17-14/h4-8H,1-3H3,(H,17,18,19,20). The third-order valence-electron chi connectivity index (χ3n) is 3.21. The molecular weight excluding hydrogens is 282 g/mol. The van der Waals surface area contributed by atoms with Gasteiger partial charge in [-0.1, -0.05) is 29.0 Å². The van der Waals surface area contributed by atoms with Gasteiger partial charge in [-0.3, -0.25) is 10.1 Å². The molecule has 106 valence electrons. The van der Waals surface area contributed by atoms with Gasteiger partial charge in [0.05, 0.1) is 4.70 Å². The molecule has 0 saturated heterocycles. The summed E-state index contributed by atoms with van der Waals surface area (Å²) in [5, 5.41) is 3.42. The van der Waals surface area contributed by atoms with E-state index in [1.165, 1.54) is 11.3 Å². The zero-order valence-corrected chi connectivity index (χ0v) is 12.9. The van der Waals surface area contributed by atoms with Crippen molar-refractivity contribution in [1.29, 1.82) is 0 Å². The van der Waals surface area contributed by atoms with E-state index in [1.807, 2.05) is 51.1 Å². The van der Waals surface area contributed by atoms with E-state index in [-0.39, 0.29) is 5.91 Å². The van der Waals surface area contributed by atoms with Crippen LogP contribution < -0.4 is 5.32 Å². The molecule has 2 heterocycles. The summed E-state index contributed by atoms with van der Waals surface area (Å²) in [7, 11) is 0. The molecule has 5 heteroatoms. The van der Waals surface area contributed by atoms with Gasteiger partial charge in [0, 0.05) is 11.3 Å². The van der Waals surface area contributed by atoms with Crippen LogP contribution in [-0.4, -0.2) is 15.9 Å². The largest absolute Gasteiger partial charge is 0.298 e. The second-order valence-electron chi connectivity index (χ2n) is 5.07. The van der Waals surface area contributed by atoms with Gasteiger partial charge in [0.1, 0.15) is 0 Å². The average Bonchev–Trinajstić information content (AvgIpc) is 2.82. The fourth-order valence-corrected chi connectivity index (χ4v) is 3.02. The van der Waals surface area contributed by atoms with E-state index in [2.05, 4.69) is 15.3 Å². The number of aromatic nitrogens is 2. The van der Waals surface area contributed by atoms with Crippen LogP contribution in [0.2, 0.25) is 0 Å². The minimum atomic E-state index is -0.150. The fraction of sp³-hybridized carbons (Fsp3) is 0.188. The Morgan fingerprint density at radius 3 is 2.52 bits per heavy atom. The van der Waals surface area contributed by atoms with Crippen LogP contribution in [-0.2, 0) is 0 Å². The summed E-state index contributed by atoms with van der Waals surface area (Å²) in [4.78, 5) is 21.0.